The molecule has 0 aromatic heterocycles. The monoisotopic (exact) mass is 336 g/mol. The summed E-state index contributed by atoms with van der Waals surface area (Å²) in [5, 5.41) is 0. The van der Waals surface area contributed by atoms with E-state index in [1.807, 2.05) is 13.8 Å². The number of ether oxygens (including phenoxy) is 1. The molecular formula is C16H14BrFO2. The van der Waals surface area contributed by atoms with Gasteiger partial charge in [0.2, 0.25) is 0 Å². The van der Waals surface area contributed by atoms with Gasteiger partial charge in [-0.15, -0.1) is 0 Å². The fraction of sp³-hybridized carbons (Fsp3) is 0.188. The lowest BCUT2D eigenvalue weighted by molar-refractivity contribution is 0.103. The first-order chi connectivity index (χ1) is 9.49. The summed E-state index contributed by atoms with van der Waals surface area (Å²) in [7, 11) is 0. The van der Waals surface area contributed by atoms with Crippen molar-refractivity contribution in [3.63, 3.8) is 0 Å². The molecule has 2 rings (SSSR count). The number of rotatable bonds is 4. The molecular weight excluding hydrogens is 323 g/mol. The maximum Gasteiger partial charge on any atom is 0.194 e. The van der Waals surface area contributed by atoms with Crippen molar-refractivity contribution in [1.29, 1.82) is 0 Å². The molecule has 0 unspecified atom stereocenters. The van der Waals surface area contributed by atoms with E-state index in [1.165, 1.54) is 12.1 Å². The van der Waals surface area contributed by atoms with Crippen molar-refractivity contribution in [3.8, 4) is 5.75 Å². The molecule has 0 radical (unpaired) electrons. The van der Waals surface area contributed by atoms with Crippen molar-refractivity contribution >= 4 is 21.7 Å². The van der Waals surface area contributed by atoms with Crippen LogP contribution in [-0.2, 0) is 0 Å². The molecule has 0 spiro atoms. The predicted octanol–water partition coefficient (Wildman–Crippen LogP) is 4.61. The van der Waals surface area contributed by atoms with Gasteiger partial charge in [0.25, 0.3) is 0 Å². The van der Waals surface area contributed by atoms with E-state index in [0.717, 1.165) is 0 Å². The molecule has 0 aliphatic rings. The fourth-order valence-corrected chi connectivity index (χ4v) is 2.26. The fourth-order valence-electron chi connectivity index (χ4n) is 1.82. The molecule has 0 saturated heterocycles. The molecule has 0 N–H and O–H groups in total. The van der Waals surface area contributed by atoms with Gasteiger partial charge in [0.15, 0.2) is 5.78 Å². The molecule has 0 saturated carbocycles. The lowest BCUT2D eigenvalue weighted by Crippen LogP contribution is -2.07. The highest BCUT2D eigenvalue weighted by molar-refractivity contribution is 9.10. The molecule has 0 fully saturated rings. The maximum absolute atomic E-state index is 13.5. The van der Waals surface area contributed by atoms with Crippen molar-refractivity contribution < 1.29 is 13.9 Å². The van der Waals surface area contributed by atoms with E-state index in [4.69, 9.17) is 4.74 Å². The van der Waals surface area contributed by atoms with Crippen LogP contribution < -0.4 is 4.74 Å². The molecule has 2 nitrogen and oxygen atoms in total. The number of ketones is 1. The van der Waals surface area contributed by atoms with Crippen LogP contribution in [0.1, 0.15) is 29.8 Å². The standard InChI is InChI=1S/C16H14BrFO2/c1-10(2)20-12-6-3-5-11(9-12)16(19)13-7-4-8-14(18)15(13)17/h3-10H,1-2H3. The van der Waals surface area contributed by atoms with Crippen LogP contribution in [0.3, 0.4) is 0 Å². The normalized spacial score (nSPS) is 10.7. The quantitative estimate of drug-likeness (QED) is 0.762. The van der Waals surface area contributed by atoms with Gasteiger partial charge in [-0.05, 0) is 54.0 Å². The summed E-state index contributed by atoms with van der Waals surface area (Å²) in [6.07, 6.45) is 0.0289. The van der Waals surface area contributed by atoms with Gasteiger partial charge in [-0.1, -0.05) is 18.2 Å². The Morgan fingerprint density at radius 1 is 1.20 bits per heavy atom. The van der Waals surface area contributed by atoms with Crippen molar-refractivity contribution in [2.24, 2.45) is 0 Å². The molecule has 0 amide bonds. The highest BCUT2D eigenvalue weighted by atomic mass is 79.9. The third kappa shape index (κ3) is 3.25. The molecule has 0 aliphatic heterocycles. The minimum absolute atomic E-state index is 0.0289. The Labute approximate surface area is 125 Å². The van der Waals surface area contributed by atoms with E-state index in [2.05, 4.69) is 15.9 Å². The zero-order valence-corrected chi connectivity index (χ0v) is 12.8. The summed E-state index contributed by atoms with van der Waals surface area (Å²) in [5.74, 6) is -0.0746. The first-order valence-electron chi connectivity index (χ1n) is 6.24. The van der Waals surface area contributed by atoms with Gasteiger partial charge in [0.1, 0.15) is 11.6 Å². The summed E-state index contributed by atoms with van der Waals surface area (Å²) in [6.45, 7) is 3.83. The van der Waals surface area contributed by atoms with Crippen LogP contribution in [0.4, 0.5) is 4.39 Å². The molecule has 104 valence electrons. The van der Waals surface area contributed by atoms with Gasteiger partial charge < -0.3 is 4.74 Å². The zero-order chi connectivity index (χ0) is 14.7. The lowest BCUT2D eigenvalue weighted by atomic mass is 10.0. The Balaban J connectivity index is 2.36. The average Bonchev–Trinajstić information content (AvgIpc) is 2.41. The van der Waals surface area contributed by atoms with E-state index < -0.39 is 5.82 Å². The number of carbonyl (C=O) groups excluding carboxylic acids is 1. The molecule has 0 heterocycles. The maximum atomic E-state index is 13.5. The Bertz CT molecular complexity index is 638. The van der Waals surface area contributed by atoms with Crippen molar-refractivity contribution in [1.82, 2.24) is 0 Å². The zero-order valence-electron chi connectivity index (χ0n) is 11.2. The van der Waals surface area contributed by atoms with Crippen LogP contribution >= 0.6 is 15.9 Å². The van der Waals surface area contributed by atoms with Crippen LogP contribution in [0.15, 0.2) is 46.9 Å². The van der Waals surface area contributed by atoms with Crippen LogP contribution in [-0.4, -0.2) is 11.9 Å². The lowest BCUT2D eigenvalue weighted by Gasteiger charge is -2.11. The van der Waals surface area contributed by atoms with Crippen LogP contribution in [0, 0.1) is 5.82 Å². The Hall–Kier alpha value is -1.68. The van der Waals surface area contributed by atoms with Gasteiger partial charge >= 0.3 is 0 Å². The first kappa shape index (κ1) is 14.7. The van der Waals surface area contributed by atoms with Crippen LogP contribution in [0.5, 0.6) is 5.75 Å². The summed E-state index contributed by atoms with van der Waals surface area (Å²) in [5.41, 5.74) is 0.765. The number of halogens is 2. The summed E-state index contributed by atoms with van der Waals surface area (Å²) in [4.78, 5) is 12.4. The third-order valence-corrected chi connectivity index (χ3v) is 3.47. The topological polar surface area (TPSA) is 26.3 Å². The van der Waals surface area contributed by atoms with Crippen LogP contribution in [0.25, 0.3) is 0 Å². The predicted molar refractivity (Wildman–Crippen MR) is 79.7 cm³/mol. The highest BCUT2D eigenvalue weighted by Gasteiger charge is 2.15. The van der Waals surface area contributed by atoms with Gasteiger partial charge in [-0.2, -0.15) is 0 Å². The average molecular weight is 337 g/mol. The molecule has 2 aromatic carbocycles. The Kier molecular flexibility index (Phi) is 4.55. The molecule has 4 heteroatoms. The smallest absolute Gasteiger partial charge is 0.194 e. The third-order valence-electron chi connectivity index (χ3n) is 2.66. The number of hydrogen-bond acceptors (Lipinski definition) is 2. The Morgan fingerprint density at radius 2 is 1.90 bits per heavy atom. The first-order valence-corrected chi connectivity index (χ1v) is 7.03. The van der Waals surface area contributed by atoms with E-state index in [-0.39, 0.29) is 16.4 Å². The SMILES string of the molecule is CC(C)Oc1cccc(C(=O)c2cccc(F)c2Br)c1. The summed E-state index contributed by atoms with van der Waals surface area (Å²) in [6, 6.07) is 11.3. The van der Waals surface area contributed by atoms with Crippen molar-refractivity contribution in [3.05, 3.63) is 63.9 Å². The molecule has 0 bridgehead atoms. The van der Waals surface area contributed by atoms with Gasteiger partial charge in [-0.25, -0.2) is 4.39 Å². The molecule has 2 aromatic rings. The largest absolute Gasteiger partial charge is 0.491 e. The number of benzene rings is 2. The second-order valence-corrected chi connectivity index (χ2v) is 5.42. The number of hydrogen-bond donors (Lipinski definition) is 0. The van der Waals surface area contributed by atoms with Gasteiger partial charge in [0.05, 0.1) is 10.6 Å². The minimum Gasteiger partial charge on any atom is -0.491 e. The van der Waals surface area contributed by atoms with Crippen molar-refractivity contribution in [2.45, 2.75) is 20.0 Å². The highest BCUT2D eigenvalue weighted by Crippen LogP contribution is 2.24. The van der Waals surface area contributed by atoms with Gasteiger partial charge in [-0.3, -0.25) is 4.79 Å². The summed E-state index contributed by atoms with van der Waals surface area (Å²) >= 11 is 3.11. The molecule has 0 aliphatic carbocycles. The van der Waals surface area contributed by atoms with E-state index in [1.54, 1.807) is 30.3 Å². The van der Waals surface area contributed by atoms with E-state index in [0.29, 0.717) is 16.9 Å². The summed E-state index contributed by atoms with van der Waals surface area (Å²) < 4.78 is 19.2. The van der Waals surface area contributed by atoms with Gasteiger partial charge in [0, 0.05) is 11.1 Å². The van der Waals surface area contributed by atoms with E-state index >= 15 is 0 Å². The van der Waals surface area contributed by atoms with E-state index in [9.17, 15) is 9.18 Å². The van der Waals surface area contributed by atoms with Crippen molar-refractivity contribution in [2.75, 3.05) is 0 Å². The second-order valence-electron chi connectivity index (χ2n) is 4.62. The Morgan fingerprint density at radius 3 is 2.60 bits per heavy atom. The second kappa shape index (κ2) is 6.18. The molecule has 0 atom stereocenters. The van der Waals surface area contributed by atoms with Crippen LogP contribution in [0.2, 0.25) is 0 Å². The molecule has 20 heavy (non-hydrogen) atoms. The minimum atomic E-state index is -0.453. The number of carbonyl (C=O) groups is 1.